The zero-order valence-electron chi connectivity index (χ0n) is 10.0. The Balaban J connectivity index is 1.94. The van der Waals surface area contributed by atoms with E-state index >= 15 is 0 Å². The van der Waals surface area contributed by atoms with Gasteiger partial charge < -0.3 is 9.52 Å². The molecule has 0 atom stereocenters. The predicted molar refractivity (Wildman–Crippen MR) is 65.1 cm³/mol. The van der Waals surface area contributed by atoms with E-state index in [-0.39, 0.29) is 5.56 Å². The zero-order chi connectivity index (χ0) is 13.0. The second kappa shape index (κ2) is 5.46. The summed E-state index contributed by atoms with van der Waals surface area (Å²) >= 11 is 0. The minimum absolute atomic E-state index is 0.180. The molecule has 0 amide bonds. The van der Waals surface area contributed by atoms with Gasteiger partial charge in [0.2, 0.25) is 0 Å². The summed E-state index contributed by atoms with van der Waals surface area (Å²) in [6, 6.07) is 5.43. The van der Waals surface area contributed by atoms with Crippen molar-refractivity contribution in [3.8, 4) is 0 Å². The average molecular weight is 246 g/mol. The second-order valence-electron chi connectivity index (χ2n) is 4.14. The van der Waals surface area contributed by atoms with Crippen LogP contribution in [0.25, 0.3) is 0 Å². The van der Waals surface area contributed by atoms with Crippen LogP contribution in [0.4, 0.5) is 0 Å². The van der Waals surface area contributed by atoms with E-state index in [1.807, 2.05) is 24.1 Å². The van der Waals surface area contributed by atoms with Crippen molar-refractivity contribution in [2.75, 3.05) is 7.05 Å². The Labute approximate surface area is 105 Å². The van der Waals surface area contributed by atoms with Gasteiger partial charge >= 0.3 is 5.97 Å². The van der Waals surface area contributed by atoms with Gasteiger partial charge in [-0.2, -0.15) is 0 Å². The number of rotatable bonds is 5. The minimum Gasteiger partial charge on any atom is -0.478 e. The lowest BCUT2D eigenvalue weighted by Crippen LogP contribution is -2.16. The standard InChI is InChI=1S/C13H14N2O3/c1-15(7-10-3-2-4-14-6-10)8-12-5-11(9-18-12)13(16)17/h2-6,9H,7-8H2,1H3,(H,16,17). The first kappa shape index (κ1) is 12.3. The van der Waals surface area contributed by atoms with Crippen molar-refractivity contribution in [3.63, 3.8) is 0 Å². The Bertz CT molecular complexity index is 522. The monoisotopic (exact) mass is 246 g/mol. The van der Waals surface area contributed by atoms with Crippen molar-refractivity contribution in [1.82, 2.24) is 9.88 Å². The molecule has 0 radical (unpaired) electrons. The molecule has 0 saturated heterocycles. The van der Waals surface area contributed by atoms with Crippen LogP contribution in [0.2, 0.25) is 0 Å². The van der Waals surface area contributed by atoms with E-state index in [0.717, 1.165) is 12.1 Å². The normalized spacial score (nSPS) is 10.8. The van der Waals surface area contributed by atoms with Gasteiger partial charge in [-0.05, 0) is 24.7 Å². The number of hydrogen-bond donors (Lipinski definition) is 1. The number of carboxylic acid groups (broad SMARTS) is 1. The van der Waals surface area contributed by atoms with Crippen LogP contribution in [-0.2, 0) is 13.1 Å². The topological polar surface area (TPSA) is 66.6 Å². The molecular formula is C13H14N2O3. The third-order valence-corrected chi connectivity index (χ3v) is 2.50. The highest BCUT2D eigenvalue weighted by atomic mass is 16.4. The van der Waals surface area contributed by atoms with Crippen LogP contribution in [-0.4, -0.2) is 28.0 Å². The van der Waals surface area contributed by atoms with E-state index in [9.17, 15) is 4.79 Å². The lowest BCUT2D eigenvalue weighted by molar-refractivity contribution is 0.0696. The largest absolute Gasteiger partial charge is 0.478 e. The smallest absolute Gasteiger partial charge is 0.338 e. The lowest BCUT2D eigenvalue weighted by Gasteiger charge is -2.14. The fourth-order valence-corrected chi connectivity index (χ4v) is 1.70. The van der Waals surface area contributed by atoms with E-state index in [1.54, 1.807) is 18.5 Å². The van der Waals surface area contributed by atoms with Crippen LogP contribution in [0.15, 0.2) is 41.3 Å². The van der Waals surface area contributed by atoms with Gasteiger partial charge in [-0.25, -0.2) is 4.79 Å². The molecule has 0 fully saturated rings. The summed E-state index contributed by atoms with van der Waals surface area (Å²) in [4.78, 5) is 16.8. The van der Waals surface area contributed by atoms with Gasteiger partial charge in [-0.15, -0.1) is 0 Å². The predicted octanol–water partition coefficient (Wildman–Crippen LogP) is 2.00. The Hall–Kier alpha value is -2.14. The summed E-state index contributed by atoms with van der Waals surface area (Å²) in [6.45, 7) is 1.29. The summed E-state index contributed by atoms with van der Waals surface area (Å²) in [5.74, 6) is -0.335. The molecule has 2 aromatic rings. The van der Waals surface area contributed by atoms with E-state index < -0.39 is 5.97 Å². The maximum atomic E-state index is 10.7. The van der Waals surface area contributed by atoms with Crippen molar-refractivity contribution in [3.05, 3.63) is 53.7 Å². The van der Waals surface area contributed by atoms with E-state index in [0.29, 0.717) is 12.3 Å². The first-order valence-electron chi connectivity index (χ1n) is 5.53. The molecule has 0 spiro atoms. The molecular weight excluding hydrogens is 232 g/mol. The molecule has 2 rings (SSSR count). The van der Waals surface area contributed by atoms with E-state index in [1.165, 1.54) is 6.26 Å². The number of carbonyl (C=O) groups is 1. The maximum Gasteiger partial charge on any atom is 0.338 e. The average Bonchev–Trinajstić information content (AvgIpc) is 2.78. The van der Waals surface area contributed by atoms with Gasteiger partial charge in [0.15, 0.2) is 0 Å². The van der Waals surface area contributed by atoms with Gasteiger partial charge in [-0.3, -0.25) is 9.88 Å². The molecule has 0 bridgehead atoms. The highest BCUT2D eigenvalue weighted by Crippen LogP contribution is 2.11. The number of aromatic carboxylic acids is 1. The van der Waals surface area contributed by atoms with Gasteiger partial charge in [0.05, 0.1) is 12.1 Å². The highest BCUT2D eigenvalue weighted by molar-refractivity contribution is 5.87. The summed E-state index contributed by atoms with van der Waals surface area (Å²) in [5, 5.41) is 8.79. The summed E-state index contributed by atoms with van der Waals surface area (Å²) < 4.78 is 5.20. The number of carboxylic acids is 1. The maximum absolute atomic E-state index is 10.7. The molecule has 0 aliphatic rings. The van der Waals surface area contributed by atoms with E-state index in [4.69, 9.17) is 9.52 Å². The Kier molecular flexibility index (Phi) is 3.74. The van der Waals surface area contributed by atoms with Crippen molar-refractivity contribution in [2.24, 2.45) is 0 Å². The molecule has 18 heavy (non-hydrogen) atoms. The van der Waals surface area contributed by atoms with Crippen molar-refractivity contribution < 1.29 is 14.3 Å². The fraction of sp³-hybridized carbons (Fsp3) is 0.231. The zero-order valence-corrected chi connectivity index (χ0v) is 10.0. The van der Waals surface area contributed by atoms with Gasteiger partial charge in [-0.1, -0.05) is 6.07 Å². The molecule has 0 saturated carbocycles. The minimum atomic E-state index is -0.972. The molecule has 2 aromatic heterocycles. The van der Waals surface area contributed by atoms with Crippen molar-refractivity contribution >= 4 is 5.97 Å². The second-order valence-corrected chi connectivity index (χ2v) is 4.14. The summed E-state index contributed by atoms with van der Waals surface area (Å²) in [6.07, 6.45) is 4.80. The molecule has 5 heteroatoms. The van der Waals surface area contributed by atoms with Crippen LogP contribution >= 0.6 is 0 Å². The van der Waals surface area contributed by atoms with Crippen LogP contribution in [0.3, 0.4) is 0 Å². The van der Waals surface area contributed by atoms with Crippen molar-refractivity contribution in [2.45, 2.75) is 13.1 Å². The lowest BCUT2D eigenvalue weighted by atomic mass is 10.2. The van der Waals surface area contributed by atoms with Gasteiger partial charge in [0.1, 0.15) is 12.0 Å². The molecule has 94 valence electrons. The van der Waals surface area contributed by atoms with Crippen molar-refractivity contribution in [1.29, 1.82) is 0 Å². The molecule has 0 unspecified atom stereocenters. The number of pyridine rings is 1. The molecule has 0 aliphatic heterocycles. The Morgan fingerprint density at radius 2 is 2.33 bits per heavy atom. The quantitative estimate of drug-likeness (QED) is 0.874. The molecule has 5 nitrogen and oxygen atoms in total. The number of furan rings is 1. The Morgan fingerprint density at radius 3 is 2.94 bits per heavy atom. The number of hydrogen-bond acceptors (Lipinski definition) is 4. The molecule has 0 aromatic carbocycles. The molecule has 2 heterocycles. The SMILES string of the molecule is CN(Cc1cccnc1)Cc1cc(C(=O)O)co1. The van der Waals surface area contributed by atoms with Crippen LogP contribution in [0, 0.1) is 0 Å². The van der Waals surface area contributed by atoms with E-state index in [2.05, 4.69) is 4.98 Å². The third kappa shape index (κ3) is 3.18. The fourth-order valence-electron chi connectivity index (χ4n) is 1.70. The number of nitrogens with zero attached hydrogens (tertiary/aromatic N) is 2. The summed E-state index contributed by atoms with van der Waals surface area (Å²) in [7, 11) is 1.94. The first-order valence-corrected chi connectivity index (χ1v) is 5.53. The van der Waals surface area contributed by atoms with Gasteiger partial charge in [0, 0.05) is 18.9 Å². The van der Waals surface area contributed by atoms with Crippen LogP contribution in [0.5, 0.6) is 0 Å². The Morgan fingerprint density at radius 1 is 1.50 bits per heavy atom. The molecule has 1 N–H and O–H groups in total. The number of aromatic nitrogens is 1. The highest BCUT2D eigenvalue weighted by Gasteiger charge is 2.10. The van der Waals surface area contributed by atoms with Gasteiger partial charge in [0.25, 0.3) is 0 Å². The van der Waals surface area contributed by atoms with Crippen LogP contribution < -0.4 is 0 Å². The third-order valence-electron chi connectivity index (χ3n) is 2.50. The molecule has 0 aliphatic carbocycles. The first-order chi connectivity index (χ1) is 8.65. The van der Waals surface area contributed by atoms with Crippen LogP contribution in [0.1, 0.15) is 21.7 Å². The summed E-state index contributed by atoms with van der Waals surface area (Å²) in [5.41, 5.74) is 1.28.